The fourth-order valence-electron chi connectivity index (χ4n) is 2.25. The Morgan fingerprint density at radius 1 is 1.21 bits per heavy atom. The summed E-state index contributed by atoms with van der Waals surface area (Å²) in [6.07, 6.45) is 1.47. The van der Waals surface area contributed by atoms with Gasteiger partial charge in [-0.2, -0.15) is 5.26 Å². The number of rotatable bonds is 9. The number of anilines is 1. The Labute approximate surface area is 173 Å². The minimum Gasteiger partial charge on any atom is -0.484 e. The Balaban J connectivity index is 1.89. The summed E-state index contributed by atoms with van der Waals surface area (Å²) in [6, 6.07) is 15.4. The summed E-state index contributed by atoms with van der Waals surface area (Å²) >= 11 is 5.88. The van der Waals surface area contributed by atoms with E-state index < -0.39 is 5.91 Å². The Morgan fingerprint density at radius 2 is 1.97 bits per heavy atom. The fourth-order valence-corrected chi connectivity index (χ4v) is 2.44. The van der Waals surface area contributed by atoms with Crippen LogP contribution in [0.15, 0.2) is 54.1 Å². The van der Waals surface area contributed by atoms with E-state index in [1.165, 1.54) is 13.2 Å². The molecule has 150 valence electrons. The van der Waals surface area contributed by atoms with Crippen LogP contribution < -0.4 is 15.4 Å². The number of nitrogens with one attached hydrogen (secondary N) is 2. The van der Waals surface area contributed by atoms with Gasteiger partial charge in [-0.15, -0.1) is 0 Å². The molecule has 0 aliphatic rings. The molecule has 0 aliphatic heterocycles. The molecular formula is C21H20ClN3O4. The standard InChI is InChI=1S/C21H20ClN3O4/c1-28-10-9-24-21(27)16(13-23)11-15-5-7-19(8-6-15)29-14-20(26)25-18-4-2-3-17(22)12-18/h2-8,11-12H,9-10,14H2,1H3,(H,24,27)(H,25,26)/b16-11+. The van der Waals surface area contributed by atoms with E-state index in [-0.39, 0.29) is 18.1 Å². The number of halogens is 1. The molecule has 2 N–H and O–H groups in total. The molecule has 0 fully saturated rings. The second-order valence-electron chi connectivity index (χ2n) is 5.83. The van der Waals surface area contributed by atoms with Crippen molar-refractivity contribution in [2.75, 3.05) is 32.2 Å². The van der Waals surface area contributed by atoms with Gasteiger partial charge in [0.15, 0.2) is 6.61 Å². The molecule has 2 aromatic rings. The van der Waals surface area contributed by atoms with Crippen molar-refractivity contribution in [3.05, 3.63) is 64.7 Å². The number of hydrogen-bond donors (Lipinski definition) is 2. The first kappa shape index (κ1) is 22.0. The molecule has 0 aliphatic carbocycles. The normalized spacial score (nSPS) is 10.7. The van der Waals surface area contributed by atoms with Crippen molar-refractivity contribution in [1.82, 2.24) is 5.32 Å². The summed E-state index contributed by atoms with van der Waals surface area (Å²) in [5.74, 6) is -0.315. The predicted octanol–water partition coefficient (Wildman–Crippen LogP) is 3.03. The lowest BCUT2D eigenvalue weighted by atomic mass is 10.1. The van der Waals surface area contributed by atoms with Crippen molar-refractivity contribution >= 4 is 35.2 Å². The van der Waals surface area contributed by atoms with Crippen LogP contribution in [0.1, 0.15) is 5.56 Å². The first-order chi connectivity index (χ1) is 14.0. The monoisotopic (exact) mass is 413 g/mol. The third-order valence-corrected chi connectivity index (χ3v) is 3.86. The van der Waals surface area contributed by atoms with Crippen LogP contribution in [0, 0.1) is 11.3 Å². The van der Waals surface area contributed by atoms with Crippen LogP contribution in [0.5, 0.6) is 5.75 Å². The lowest BCUT2D eigenvalue weighted by Crippen LogP contribution is -2.27. The summed E-state index contributed by atoms with van der Waals surface area (Å²) in [4.78, 5) is 23.9. The average Bonchev–Trinajstić information content (AvgIpc) is 2.71. The van der Waals surface area contributed by atoms with Gasteiger partial charge < -0.3 is 20.1 Å². The second-order valence-corrected chi connectivity index (χ2v) is 6.27. The van der Waals surface area contributed by atoms with Gasteiger partial charge in [-0.3, -0.25) is 9.59 Å². The van der Waals surface area contributed by atoms with Crippen LogP contribution >= 0.6 is 11.6 Å². The number of methoxy groups -OCH3 is 1. The van der Waals surface area contributed by atoms with Gasteiger partial charge in [-0.1, -0.05) is 29.8 Å². The van der Waals surface area contributed by atoms with Crippen LogP contribution in [0.2, 0.25) is 5.02 Å². The van der Waals surface area contributed by atoms with Crippen molar-refractivity contribution < 1.29 is 19.1 Å². The highest BCUT2D eigenvalue weighted by molar-refractivity contribution is 6.30. The van der Waals surface area contributed by atoms with Crippen molar-refractivity contribution in [2.45, 2.75) is 0 Å². The molecule has 29 heavy (non-hydrogen) atoms. The fraction of sp³-hybridized carbons (Fsp3) is 0.190. The van der Waals surface area contributed by atoms with Crippen molar-refractivity contribution in [2.24, 2.45) is 0 Å². The van der Waals surface area contributed by atoms with Crippen LogP contribution in [0.4, 0.5) is 5.69 Å². The number of benzene rings is 2. The average molecular weight is 414 g/mol. The third-order valence-electron chi connectivity index (χ3n) is 3.63. The third kappa shape index (κ3) is 7.66. The highest BCUT2D eigenvalue weighted by Gasteiger charge is 2.08. The van der Waals surface area contributed by atoms with Gasteiger partial charge in [0, 0.05) is 24.4 Å². The Hall–Kier alpha value is -3.34. The summed E-state index contributed by atoms with van der Waals surface area (Å²) in [5.41, 5.74) is 1.22. The smallest absolute Gasteiger partial charge is 0.262 e. The maximum absolute atomic E-state index is 12.0. The summed E-state index contributed by atoms with van der Waals surface area (Å²) in [7, 11) is 1.53. The van der Waals surface area contributed by atoms with E-state index in [1.54, 1.807) is 48.5 Å². The number of carbonyl (C=O) groups is 2. The number of hydrogen-bond acceptors (Lipinski definition) is 5. The van der Waals surface area contributed by atoms with Gasteiger partial charge in [-0.05, 0) is 42.0 Å². The zero-order chi connectivity index (χ0) is 21.1. The Morgan fingerprint density at radius 3 is 2.62 bits per heavy atom. The van der Waals surface area contributed by atoms with Gasteiger partial charge >= 0.3 is 0 Å². The van der Waals surface area contributed by atoms with E-state index in [4.69, 9.17) is 26.3 Å². The summed E-state index contributed by atoms with van der Waals surface area (Å²) in [5, 5.41) is 15.0. The Bertz CT molecular complexity index is 920. The van der Waals surface area contributed by atoms with Crippen molar-refractivity contribution in [3.8, 4) is 11.8 Å². The van der Waals surface area contributed by atoms with E-state index in [1.807, 2.05) is 6.07 Å². The van der Waals surface area contributed by atoms with Crippen LogP contribution in [0.25, 0.3) is 6.08 Å². The highest BCUT2D eigenvalue weighted by atomic mass is 35.5. The lowest BCUT2D eigenvalue weighted by Gasteiger charge is -2.08. The minimum absolute atomic E-state index is 0.0179. The molecule has 0 saturated carbocycles. The summed E-state index contributed by atoms with van der Waals surface area (Å²) in [6.45, 7) is 0.507. The molecule has 0 aromatic heterocycles. The molecule has 0 saturated heterocycles. The molecule has 7 nitrogen and oxygen atoms in total. The number of ether oxygens (including phenoxy) is 2. The highest BCUT2D eigenvalue weighted by Crippen LogP contribution is 2.16. The minimum atomic E-state index is -0.470. The molecule has 0 heterocycles. The molecule has 0 spiro atoms. The van der Waals surface area contributed by atoms with Crippen LogP contribution in [-0.4, -0.2) is 38.7 Å². The van der Waals surface area contributed by atoms with Gasteiger partial charge in [0.1, 0.15) is 17.4 Å². The van der Waals surface area contributed by atoms with Crippen LogP contribution in [0.3, 0.4) is 0 Å². The maximum atomic E-state index is 12.0. The first-order valence-electron chi connectivity index (χ1n) is 8.69. The molecule has 0 radical (unpaired) electrons. The van der Waals surface area contributed by atoms with Gasteiger partial charge in [0.2, 0.25) is 0 Å². The topological polar surface area (TPSA) is 100 Å². The number of nitrogens with zero attached hydrogens (tertiary/aromatic N) is 1. The van der Waals surface area contributed by atoms with Crippen molar-refractivity contribution in [1.29, 1.82) is 5.26 Å². The number of nitriles is 1. The quantitative estimate of drug-likeness (QED) is 0.374. The SMILES string of the molecule is COCCNC(=O)/C(C#N)=C/c1ccc(OCC(=O)Nc2cccc(Cl)c2)cc1. The molecule has 2 aromatic carbocycles. The molecule has 0 unspecified atom stereocenters. The molecule has 2 amide bonds. The molecular weight excluding hydrogens is 394 g/mol. The Kier molecular flexibility index (Phi) is 8.70. The van der Waals surface area contributed by atoms with Gasteiger partial charge in [0.05, 0.1) is 6.61 Å². The number of amides is 2. The molecule has 0 atom stereocenters. The van der Waals surface area contributed by atoms with Crippen LogP contribution in [-0.2, 0) is 14.3 Å². The first-order valence-corrected chi connectivity index (χ1v) is 9.07. The number of carbonyl (C=O) groups excluding carboxylic acids is 2. The zero-order valence-electron chi connectivity index (χ0n) is 15.8. The van der Waals surface area contributed by atoms with E-state index in [2.05, 4.69) is 10.6 Å². The van der Waals surface area contributed by atoms with Gasteiger partial charge in [0.25, 0.3) is 11.8 Å². The summed E-state index contributed by atoms with van der Waals surface area (Å²) < 4.78 is 10.3. The van der Waals surface area contributed by atoms with Gasteiger partial charge in [-0.25, -0.2) is 0 Å². The maximum Gasteiger partial charge on any atom is 0.262 e. The predicted molar refractivity (Wildman–Crippen MR) is 110 cm³/mol. The van der Waals surface area contributed by atoms with Crippen molar-refractivity contribution in [3.63, 3.8) is 0 Å². The van der Waals surface area contributed by atoms with E-state index >= 15 is 0 Å². The molecule has 2 rings (SSSR count). The zero-order valence-corrected chi connectivity index (χ0v) is 16.5. The van der Waals surface area contributed by atoms with E-state index in [9.17, 15) is 9.59 Å². The van der Waals surface area contributed by atoms with E-state index in [0.717, 1.165) is 0 Å². The second kappa shape index (κ2) is 11.5. The molecule has 8 heteroatoms. The molecule has 0 bridgehead atoms. The van der Waals surface area contributed by atoms with E-state index in [0.29, 0.717) is 35.2 Å². The largest absolute Gasteiger partial charge is 0.484 e. The lowest BCUT2D eigenvalue weighted by molar-refractivity contribution is -0.118.